The zero-order valence-corrected chi connectivity index (χ0v) is 21.3. The zero-order chi connectivity index (χ0) is 25.9. The maximum Gasteiger partial charge on any atom is 0.347 e. The first-order chi connectivity index (χ1) is 15.7. The predicted molar refractivity (Wildman–Crippen MR) is 117 cm³/mol. The van der Waals surface area contributed by atoms with E-state index in [4.69, 9.17) is 23.1 Å². The minimum atomic E-state index is -3.35. The molecule has 12 heteroatoms. The Morgan fingerprint density at radius 3 is 1.91 bits per heavy atom. The molecule has 0 aromatic heterocycles. The average Bonchev–Trinajstić information content (AvgIpc) is 3.23. The van der Waals surface area contributed by atoms with Crippen LogP contribution < -0.4 is 0 Å². The van der Waals surface area contributed by atoms with Crippen molar-refractivity contribution < 1.29 is 50.7 Å². The molecular formula is C22H34O11S. The van der Waals surface area contributed by atoms with Crippen LogP contribution in [0.2, 0.25) is 0 Å². The minimum absolute atomic E-state index is 0.144. The SMILES string of the molecule is CCC(C)(C)C(=O)OC(C)C(=O)OC1C(O[SH](=O)=O)C2(COC(C)=O)CCC1(COC(C)=O)C2. The van der Waals surface area contributed by atoms with Crippen LogP contribution in [0, 0.1) is 16.2 Å². The van der Waals surface area contributed by atoms with Crippen molar-refractivity contribution >= 4 is 34.9 Å². The summed E-state index contributed by atoms with van der Waals surface area (Å²) in [6, 6.07) is 0. The molecule has 0 heterocycles. The maximum atomic E-state index is 12.9. The van der Waals surface area contributed by atoms with Gasteiger partial charge in [0.15, 0.2) is 6.10 Å². The fourth-order valence-corrected chi connectivity index (χ4v) is 5.10. The highest BCUT2D eigenvalue weighted by Gasteiger charge is 2.69. The highest BCUT2D eigenvalue weighted by atomic mass is 32.2. The third-order valence-corrected chi connectivity index (χ3v) is 7.33. The second-order valence-corrected chi connectivity index (χ2v) is 10.5. The molecule has 194 valence electrons. The summed E-state index contributed by atoms with van der Waals surface area (Å²) in [6.45, 7) is 8.70. The van der Waals surface area contributed by atoms with Crippen LogP contribution in [0.4, 0.5) is 0 Å². The van der Waals surface area contributed by atoms with Crippen LogP contribution in [-0.4, -0.2) is 63.8 Å². The number of carbonyl (C=O) groups excluding carboxylic acids is 4. The van der Waals surface area contributed by atoms with Gasteiger partial charge in [-0.25, -0.2) is 13.2 Å². The lowest BCUT2D eigenvalue weighted by Gasteiger charge is -2.40. The van der Waals surface area contributed by atoms with Gasteiger partial charge in [0, 0.05) is 24.7 Å². The van der Waals surface area contributed by atoms with Crippen molar-refractivity contribution in [1.82, 2.24) is 0 Å². The van der Waals surface area contributed by atoms with Gasteiger partial charge < -0.3 is 18.9 Å². The van der Waals surface area contributed by atoms with Gasteiger partial charge in [0.05, 0.1) is 12.0 Å². The summed E-state index contributed by atoms with van der Waals surface area (Å²) in [5.41, 5.74) is -2.72. The molecule has 2 aliphatic carbocycles. The van der Waals surface area contributed by atoms with Crippen LogP contribution in [0.1, 0.15) is 67.2 Å². The van der Waals surface area contributed by atoms with Gasteiger partial charge in [-0.3, -0.25) is 18.6 Å². The van der Waals surface area contributed by atoms with E-state index in [1.54, 1.807) is 13.8 Å². The molecule has 11 nitrogen and oxygen atoms in total. The molecule has 0 amide bonds. The molecule has 0 aromatic rings. The number of fused-ring (bicyclic) bond motifs is 2. The number of hydrogen-bond donors (Lipinski definition) is 1. The van der Waals surface area contributed by atoms with E-state index in [1.165, 1.54) is 20.8 Å². The van der Waals surface area contributed by atoms with Crippen molar-refractivity contribution in [2.24, 2.45) is 16.2 Å². The molecule has 0 spiro atoms. The van der Waals surface area contributed by atoms with E-state index in [1.807, 2.05) is 6.92 Å². The Bertz CT molecular complexity index is 887. The highest BCUT2D eigenvalue weighted by molar-refractivity contribution is 7.67. The van der Waals surface area contributed by atoms with E-state index in [9.17, 15) is 27.6 Å². The van der Waals surface area contributed by atoms with Crippen LogP contribution in [0.15, 0.2) is 0 Å². The van der Waals surface area contributed by atoms with E-state index in [-0.39, 0.29) is 19.6 Å². The summed E-state index contributed by atoms with van der Waals surface area (Å²) in [7, 11) is -3.35. The quantitative estimate of drug-likeness (QED) is 0.247. The van der Waals surface area contributed by atoms with Crippen LogP contribution in [0.3, 0.4) is 0 Å². The van der Waals surface area contributed by atoms with Gasteiger partial charge in [0.1, 0.15) is 18.8 Å². The third-order valence-electron chi connectivity index (χ3n) is 6.93. The van der Waals surface area contributed by atoms with Gasteiger partial charge in [-0.05, 0) is 46.5 Å². The summed E-state index contributed by atoms with van der Waals surface area (Å²) in [5, 5.41) is 0. The summed E-state index contributed by atoms with van der Waals surface area (Å²) >= 11 is 0. The number of esters is 4. The molecule has 2 aliphatic rings. The van der Waals surface area contributed by atoms with Crippen molar-refractivity contribution in [2.75, 3.05) is 13.2 Å². The van der Waals surface area contributed by atoms with Crippen LogP contribution in [-0.2, 0) is 53.3 Å². The summed E-state index contributed by atoms with van der Waals surface area (Å²) in [5.74, 6) is -2.59. The van der Waals surface area contributed by atoms with Crippen molar-refractivity contribution in [2.45, 2.75) is 85.5 Å². The number of thiol groups is 1. The number of carbonyl (C=O) groups is 4. The Hall–Kier alpha value is -2.21. The van der Waals surface area contributed by atoms with Gasteiger partial charge in [-0.2, -0.15) is 0 Å². The molecule has 2 rings (SSSR count). The maximum absolute atomic E-state index is 12.9. The average molecular weight is 507 g/mol. The Labute approximate surface area is 200 Å². The van der Waals surface area contributed by atoms with Crippen LogP contribution in [0.25, 0.3) is 0 Å². The van der Waals surface area contributed by atoms with Crippen molar-refractivity contribution in [1.29, 1.82) is 0 Å². The summed E-state index contributed by atoms with van der Waals surface area (Å²) < 4.78 is 49.7. The Kier molecular flexibility index (Phi) is 8.73. The van der Waals surface area contributed by atoms with Gasteiger partial charge in [-0.1, -0.05) is 6.92 Å². The fourth-order valence-electron chi connectivity index (χ4n) is 4.59. The minimum Gasteiger partial charge on any atom is -0.465 e. The standard InChI is InChI=1S/C22H34O11S/c1-7-20(5,6)19(26)31-13(2)18(25)32-16-17(33-34(27)28)22(12-30-15(4)24)9-8-21(16,10-22)11-29-14(3)23/h13,16-17,34H,7-12H2,1-6H3. The lowest BCUT2D eigenvalue weighted by Crippen LogP contribution is -2.51. The normalized spacial score (nSPS) is 28.9. The lowest BCUT2D eigenvalue weighted by molar-refractivity contribution is -0.188. The molecule has 0 aromatic carbocycles. The van der Waals surface area contributed by atoms with E-state index >= 15 is 0 Å². The van der Waals surface area contributed by atoms with Crippen LogP contribution >= 0.6 is 0 Å². The molecule has 2 bridgehead atoms. The molecular weight excluding hydrogens is 472 g/mol. The largest absolute Gasteiger partial charge is 0.465 e. The first-order valence-corrected chi connectivity index (χ1v) is 12.3. The van der Waals surface area contributed by atoms with Crippen molar-refractivity contribution in [3.05, 3.63) is 0 Å². The van der Waals surface area contributed by atoms with E-state index in [2.05, 4.69) is 0 Å². The Balaban J connectivity index is 2.34. The van der Waals surface area contributed by atoms with Crippen LogP contribution in [0.5, 0.6) is 0 Å². The van der Waals surface area contributed by atoms with Gasteiger partial charge in [0.2, 0.25) is 0 Å². The molecule has 0 N–H and O–H groups in total. The van der Waals surface area contributed by atoms with E-state index in [0.29, 0.717) is 19.3 Å². The molecule has 5 unspecified atom stereocenters. The molecule has 2 fully saturated rings. The number of hydrogen-bond acceptors (Lipinski definition) is 11. The molecule has 0 saturated heterocycles. The molecule has 5 atom stereocenters. The van der Waals surface area contributed by atoms with E-state index in [0.717, 1.165) is 0 Å². The summed E-state index contributed by atoms with van der Waals surface area (Å²) in [4.78, 5) is 48.3. The fraction of sp³-hybridized carbons (Fsp3) is 0.818. The van der Waals surface area contributed by atoms with E-state index < -0.39 is 69.4 Å². The van der Waals surface area contributed by atoms with Gasteiger partial charge >= 0.3 is 23.9 Å². The second kappa shape index (κ2) is 10.6. The molecule has 0 radical (unpaired) electrons. The predicted octanol–water partition coefficient (Wildman–Crippen LogP) is 1.47. The number of rotatable bonds is 11. The van der Waals surface area contributed by atoms with Gasteiger partial charge in [0.25, 0.3) is 11.0 Å². The van der Waals surface area contributed by atoms with Crippen molar-refractivity contribution in [3.8, 4) is 0 Å². The zero-order valence-electron chi connectivity index (χ0n) is 20.4. The molecule has 34 heavy (non-hydrogen) atoms. The molecule has 0 aliphatic heterocycles. The van der Waals surface area contributed by atoms with Crippen molar-refractivity contribution in [3.63, 3.8) is 0 Å². The first kappa shape index (κ1) is 28.0. The Morgan fingerprint density at radius 1 is 0.971 bits per heavy atom. The third kappa shape index (κ3) is 6.07. The molecule has 2 saturated carbocycles. The second-order valence-electron chi connectivity index (χ2n) is 9.85. The smallest absolute Gasteiger partial charge is 0.347 e. The monoisotopic (exact) mass is 506 g/mol. The topological polar surface area (TPSA) is 149 Å². The lowest BCUT2D eigenvalue weighted by atomic mass is 9.78. The number of ether oxygens (including phenoxy) is 4. The van der Waals surface area contributed by atoms with Gasteiger partial charge in [-0.15, -0.1) is 0 Å². The summed E-state index contributed by atoms with van der Waals surface area (Å²) in [6.07, 6.45) is -2.04. The highest BCUT2D eigenvalue weighted by Crippen LogP contribution is 2.63. The first-order valence-electron chi connectivity index (χ1n) is 11.2. The Morgan fingerprint density at radius 2 is 1.47 bits per heavy atom.